The summed E-state index contributed by atoms with van der Waals surface area (Å²) in [7, 11) is -3.99. The number of nitrogens with one attached hydrogen (secondary N) is 1. The van der Waals surface area contributed by atoms with E-state index < -0.39 is 16.0 Å². The van der Waals surface area contributed by atoms with Gasteiger partial charge < -0.3 is 4.18 Å². The highest BCUT2D eigenvalue weighted by molar-refractivity contribution is 7.87. The van der Waals surface area contributed by atoms with Crippen LogP contribution in [0.1, 0.15) is 21.5 Å². The zero-order valence-corrected chi connectivity index (χ0v) is 15.8. The maximum absolute atomic E-state index is 12.5. The molecule has 0 atom stereocenters. The second kappa shape index (κ2) is 8.45. The highest BCUT2D eigenvalue weighted by Gasteiger charge is 2.17. The Labute approximate surface area is 162 Å². The van der Waals surface area contributed by atoms with Gasteiger partial charge in [0.2, 0.25) is 0 Å². The average molecular weight is 395 g/mol. The minimum absolute atomic E-state index is 0.0507. The van der Waals surface area contributed by atoms with Crippen molar-refractivity contribution in [1.29, 1.82) is 0 Å². The molecule has 1 heterocycles. The number of nitrogens with zero attached hydrogens (tertiary/aromatic N) is 2. The molecule has 0 aliphatic carbocycles. The molecule has 2 aromatic carbocycles. The van der Waals surface area contributed by atoms with Gasteiger partial charge in [-0.1, -0.05) is 29.8 Å². The molecular formula is C20H17N3O4S. The van der Waals surface area contributed by atoms with Gasteiger partial charge in [-0.3, -0.25) is 9.78 Å². The van der Waals surface area contributed by atoms with Crippen molar-refractivity contribution in [2.24, 2.45) is 5.10 Å². The Hall–Kier alpha value is -3.52. The molecule has 0 saturated carbocycles. The molecule has 1 N–H and O–H groups in total. The summed E-state index contributed by atoms with van der Waals surface area (Å²) in [4.78, 5) is 15.9. The second-order valence-electron chi connectivity index (χ2n) is 5.83. The summed E-state index contributed by atoms with van der Waals surface area (Å²) in [6.07, 6.45) is 4.28. The van der Waals surface area contributed by atoms with Gasteiger partial charge in [-0.2, -0.15) is 13.5 Å². The van der Waals surface area contributed by atoms with Crippen LogP contribution in [0.5, 0.6) is 5.75 Å². The lowest BCUT2D eigenvalue weighted by molar-refractivity contribution is 0.0954. The van der Waals surface area contributed by atoms with Gasteiger partial charge in [0, 0.05) is 18.0 Å². The van der Waals surface area contributed by atoms with Crippen molar-refractivity contribution in [1.82, 2.24) is 10.4 Å². The molecule has 7 nitrogen and oxygen atoms in total. The molecule has 8 heteroatoms. The van der Waals surface area contributed by atoms with Crippen LogP contribution in [-0.2, 0) is 10.1 Å². The number of amides is 1. The Morgan fingerprint density at radius 1 is 1.07 bits per heavy atom. The number of aryl methyl sites for hydroxylation is 1. The van der Waals surface area contributed by atoms with E-state index >= 15 is 0 Å². The van der Waals surface area contributed by atoms with Crippen LogP contribution in [0.3, 0.4) is 0 Å². The molecule has 142 valence electrons. The van der Waals surface area contributed by atoms with Crippen LogP contribution in [-0.4, -0.2) is 25.5 Å². The largest absolute Gasteiger partial charge is 0.378 e. The molecule has 0 radical (unpaired) electrons. The second-order valence-corrected chi connectivity index (χ2v) is 7.38. The van der Waals surface area contributed by atoms with E-state index in [0.717, 1.165) is 5.56 Å². The molecule has 3 rings (SSSR count). The fraction of sp³-hybridized carbons (Fsp3) is 0.0500. The Kier molecular flexibility index (Phi) is 5.81. The predicted molar refractivity (Wildman–Crippen MR) is 105 cm³/mol. The number of para-hydroxylation sites is 1. The summed E-state index contributed by atoms with van der Waals surface area (Å²) in [5.74, 6) is -0.336. The van der Waals surface area contributed by atoms with Crippen LogP contribution in [0.2, 0.25) is 0 Å². The zero-order chi connectivity index (χ0) is 20.0. The molecule has 0 saturated heterocycles. The van der Waals surface area contributed by atoms with E-state index in [-0.39, 0.29) is 10.6 Å². The third-order valence-electron chi connectivity index (χ3n) is 3.72. The molecule has 1 amide bonds. The van der Waals surface area contributed by atoms with Crippen LogP contribution in [0.15, 0.2) is 83.1 Å². The van der Waals surface area contributed by atoms with E-state index in [1.54, 1.807) is 48.7 Å². The molecule has 0 spiro atoms. The number of hydrogen-bond donors (Lipinski definition) is 1. The fourth-order valence-corrected chi connectivity index (χ4v) is 3.21. The third-order valence-corrected chi connectivity index (χ3v) is 4.97. The number of hydrogen-bond acceptors (Lipinski definition) is 6. The van der Waals surface area contributed by atoms with Crippen LogP contribution >= 0.6 is 0 Å². The molecule has 0 aliphatic rings. The number of aromatic nitrogens is 1. The van der Waals surface area contributed by atoms with E-state index in [9.17, 15) is 13.2 Å². The lowest BCUT2D eigenvalue weighted by atomic mass is 10.2. The molecule has 3 aromatic rings. The van der Waals surface area contributed by atoms with Crippen LogP contribution in [0.4, 0.5) is 0 Å². The lowest BCUT2D eigenvalue weighted by Gasteiger charge is -2.09. The number of carbonyl (C=O) groups excluding carboxylic acids is 1. The van der Waals surface area contributed by atoms with E-state index in [1.807, 2.05) is 6.92 Å². The predicted octanol–water partition coefficient (Wildman–Crippen LogP) is 2.92. The minimum atomic E-state index is -3.99. The third kappa shape index (κ3) is 4.80. The summed E-state index contributed by atoms with van der Waals surface area (Å²) in [6.45, 7) is 1.86. The van der Waals surface area contributed by atoms with Crippen molar-refractivity contribution >= 4 is 22.2 Å². The number of benzene rings is 2. The first-order chi connectivity index (χ1) is 13.5. The Morgan fingerprint density at radius 2 is 1.82 bits per heavy atom. The Morgan fingerprint density at radius 3 is 2.54 bits per heavy atom. The summed E-state index contributed by atoms with van der Waals surface area (Å²) < 4.78 is 30.2. The molecular weight excluding hydrogens is 378 g/mol. The van der Waals surface area contributed by atoms with Gasteiger partial charge in [0.25, 0.3) is 5.91 Å². The molecule has 0 fully saturated rings. The molecule has 0 bridgehead atoms. The van der Waals surface area contributed by atoms with Crippen LogP contribution < -0.4 is 9.61 Å². The van der Waals surface area contributed by atoms with Gasteiger partial charge in [0.15, 0.2) is 5.75 Å². The summed E-state index contributed by atoms with van der Waals surface area (Å²) in [5.41, 5.74) is 4.05. The first kappa shape index (κ1) is 19.2. The van der Waals surface area contributed by atoms with Crippen molar-refractivity contribution < 1.29 is 17.4 Å². The molecule has 28 heavy (non-hydrogen) atoms. The number of rotatable bonds is 6. The fourth-order valence-electron chi connectivity index (χ4n) is 2.26. The summed E-state index contributed by atoms with van der Waals surface area (Å²) >= 11 is 0. The quantitative estimate of drug-likeness (QED) is 0.393. The van der Waals surface area contributed by atoms with Crippen molar-refractivity contribution in [3.05, 3.63) is 89.7 Å². The minimum Gasteiger partial charge on any atom is -0.378 e. The van der Waals surface area contributed by atoms with Gasteiger partial charge in [0.05, 0.1) is 11.8 Å². The van der Waals surface area contributed by atoms with Gasteiger partial charge in [0.1, 0.15) is 4.90 Å². The van der Waals surface area contributed by atoms with Gasteiger partial charge in [-0.25, -0.2) is 5.43 Å². The van der Waals surface area contributed by atoms with E-state index in [2.05, 4.69) is 15.5 Å². The molecule has 1 aromatic heterocycles. The van der Waals surface area contributed by atoms with E-state index in [1.165, 1.54) is 30.6 Å². The lowest BCUT2D eigenvalue weighted by Crippen LogP contribution is -2.17. The average Bonchev–Trinajstić information content (AvgIpc) is 2.70. The van der Waals surface area contributed by atoms with Crippen LogP contribution in [0.25, 0.3) is 0 Å². The SMILES string of the molecule is Cc1ccc(S(=O)(=O)Oc2ccccc2/C=N\NC(=O)c2cccnc2)cc1. The maximum Gasteiger partial charge on any atom is 0.339 e. The van der Waals surface area contributed by atoms with Gasteiger partial charge in [-0.05, 0) is 43.3 Å². The zero-order valence-electron chi connectivity index (χ0n) is 14.9. The first-order valence-electron chi connectivity index (χ1n) is 8.29. The summed E-state index contributed by atoms with van der Waals surface area (Å²) in [5, 5.41) is 3.87. The maximum atomic E-state index is 12.5. The van der Waals surface area contributed by atoms with Crippen LogP contribution in [0, 0.1) is 6.92 Å². The van der Waals surface area contributed by atoms with E-state index in [4.69, 9.17) is 4.18 Å². The number of carbonyl (C=O) groups is 1. The normalized spacial score (nSPS) is 11.3. The molecule has 0 aliphatic heterocycles. The Balaban J connectivity index is 1.76. The molecule has 0 unspecified atom stereocenters. The highest BCUT2D eigenvalue weighted by atomic mass is 32.2. The first-order valence-corrected chi connectivity index (χ1v) is 9.70. The Bertz CT molecular complexity index is 1100. The smallest absolute Gasteiger partial charge is 0.339 e. The number of hydrazone groups is 1. The number of pyridine rings is 1. The monoisotopic (exact) mass is 395 g/mol. The van der Waals surface area contributed by atoms with Gasteiger partial charge in [-0.15, -0.1) is 0 Å². The van der Waals surface area contributed by atoms with Crippen molar-refractivity contribution in [2.45, 2.75) is 11.8 Å². The van der Waals surface area contributed by atoms with Crippen molar-refractivity contribution in [2.75, 3.05) is 0 Å². The van der Waals surface area contributed by atoms with Crippen molar-refractivity contribution in [3.8, 4) is 5.75 Å². The van der Waals surface area contributed by atoms with Crippen molar-refractivity contribution in [3.63, 3.8) is 0 Å². The van der Waals surface area contributed by atoms with E-state index in [0.29, 0.717) is 11.1 Å². The standard InChI is InChI=1S/C20H17N3O4S/c1-15-8-10-18(11-9-15)28(25,26)27-19-7-3-2-5-16(19)14-22-23-20(24)17-6-4-12-21-13-17/h2-14H,1H3,(H,23,24)/b22-14-. The topological polar surface area (TPSA) is 97.7 Å². The highest BCUT2D eigenvalue weighted by Crippen LogP contribution is 2.22. The summed E-state index contributed by atoms with van der Waals surface area (Å²) in [6, 6.07) is 16.1. The van der Waals surface area contributed by atoms with Gasteiger partial charge >= 0.3 is 10.1 Å².